The van der Waals surface area contributed by atoms with Crippen molar-refractivity contribution in [1.82, 2.24) is 29.2 Å². The van der Waals surface area contributed by atoms with Gasteiger partial charge < -0.3 is 19.8 Å². The number of amides is 1. The molecule has 0 radical (unpaired) electrons. The molecule has 8 heteroatoms. The zero-order valence-electron chi connectivity index (χ0n) is 12.1. The topological polar surface area (TPSA) is 94.9 Å². The van der Waals surface area contributed by atoms with Gasteiger partial charge in [0, 0.05) is 39.3 Å². The fraction of sp³-hybridized carbons (Fsp3) is 0.538. The Bertz CT molecular complexity index is 645. The maximum Gasteiger partial charge on any atom is 0.274 e. The Kier molecular flexibility index (Phi) is 3.70. The summed E-state index contributed by atoms with van der Waals surface area (Å²) in [5.41, 5.74) is 5.91. The highest BCUT2D eigenvalue weighted by Crippen LogP contribution is 2.15. The molecule has 0 atom stereocenters. The van der Waals surface area contributed by atoms with Crippen LogP contribution in [0.25, 0.3) is 0 Å². The minimum Gasteiger partial charge on any atom is -0.335 e. The normalized spacial score (nSPS) is 13.4. The van der Waals surface area contributed by atoms with E-state index < -0.39 is 0 Å². The molecular weight excluding hydrogens is 270 g/mol. The third-order valence-corrected chi connectivity index (χ3v) is 3.65. The summed E-state index contributed by atoms with van der Waals surface area (Å²) in [7, 11) is 1.75. The van der Waals surface area contributed by atoms with Crippen LogP contribution in [0.2, 0.25) is 0 Å². The van der Waals surface area contributed by atoms with Crippen molar-refractivity contribution in [2.24, 2.45) is 5.73 Å². The monoisotopic (exact) mass is 289 g/mol. The number of aryl methyl sites for hydroxylation is 1. The van der Waals surface area contributed by atoms with Gasteiger partial charge in [0.15, 0.2) is 5.82 Å². The van der Waals surface area contributed by atoms with E-state index in [0.717, 1.165) is 31.0 Å². The van der Waals surface area contributed by atoms with Crippen LogP contribution in [-0.4, -0.2) is 48.7 Å². The molecule has 8 nitrogen and oxygen atoms in total. The number of fused-ring (bicyclic) bond motifs is 1. The maximum absolute atomic E-state index is 12.4. The van der Waals surface area contributed by atoms with Gasteiger partial charge >= 0.3 is 0 Å². The number of nitrogens with zero attached hydrogens (tertiary/aromatic N) is 6. The molecule has 0 spiro atoms. The summed E-state index contributed by atoms with van der Waals surface area (Å²) in [6.45, 7) is 2.55. The second-order valence-corrected chi connectivity index (χ2v) is 5.23. The van der Waals surface area contributed by atoms with Gasteiger partial charge in [0.05, 0.1) is 12.9 Å². The molecule has 0 unspecified atom stereocenters. The number of hydrogen-bond acceptors (Lipinski definition) is 5. The van der Waals surface area contributed by atoms with E-state index in [-0.39, 0.29) is 5.91 Å². The van der Waals surface area contributed by atoms with Crippen LogP contribution in [0.4, 0.5) is 0 Å². The molecule has 112 valence electrons. The van der Waals surface area contributed by atoms with Crippen molar-refractivity contribution in [3.05, 3.63) is 29.9 Å². The molecule has 2 aromatic rings. The lowest BCUT2D eigenvalue weighted by Crippen LogP contribution is -2.28. The number of nitrogens with two attached hydrogens (primary N) is 1. The molecule has 0 aliphatic carbocycles. The minimum atomic E-state index is -0.124. The predicted molar refractivity (Wildman–Crippen MR) is 75.4 cm³/mol. The van der Waals surface area contributed by atoms with Crippen LogP contribution in [0.15, 0.2) is 12.5 Å². The Balaban J connectivity index is 1.69. The van der Waals surface area contributed by atoms with Gasteiger partial charge in [0.25, 0.3) is 5.91 Å². The number of hydrogen-bond donors (Lipinski definition) is 1. The van der Waals surface area contributed by atoms with E-state index in [4.69, 9.17) is 5.73 Å². The zero-order chi connectivity index (χ0) is 14.8. The van der Waals surface area contributed by atoms with Crippen molar-refractivity contribution < 1.29 is 4.79 Å². The second kappa shape index (κ2) is 5.65. The highest BCUT2D eigenvalue weighted by atomic mass is 16.2. The summed E-state index contributed by atoms with van der Waals surface area (Å²) in [6, 6.07) is 0. The van der Waals surface area contributed by atoms with Crippen molar-refractivity contribution >= 4 is 5.91 Å². The van der Waals surface area contributed by atoms with Crippen LogP contribution in [-0.2, 0) is 26.1 Å². The first-order valence-corrected chi connectivity index (χ1v) is 7.07. The largest absolute Gasteiger partial charge is 0.335 e. The standard InChI is InChI=1S/C13H19N7O/c1-18(8-12-17-16-11-3-2-5-20(11)12)13(21)10-7-19(6-4-14)9-15-10/h7,9H,2-6,8,14H2,1H3. The Morgan fingerprint density at radius 1 is 1.48 bits per heavy atom. The first-order chi connectivity index (χ1) is 10.2. The zero-order valence-corrected chi connectivity index (χ0v) is 12.1. The Morgan fingerprint density at radius 2 is 2.33 bits per heavy atom. The van der Waals surface area contributed by atoms with Gasteiger partial charge in [0.1, 0.15) is 11.5 Å². The van der Waals surface area contributed by atoms with E-state index in [1.54, 1.807) is 24.5 Å². The van der Waals surface area contributed by atoms with Crippen LogP contribution < -0.4 is 5.73 Å². The molecule has 1 amide bonds. The molecule has 0 fully saturated rings. The van der Waals surface area contributed by atoms with Crippen molar-refractivity contribution in [3.8, 4) is 0 Å². The molecule has 3 heterocycles. The molecule has 1 aliphatic heterocycles. The third kappa shape index (κ3) is 2.66. The van der Waals surface area contributed by atoms with E-state index >= 15 is 0 Å². The van der Waals surface area contributed by atoms with Gasteiger partial charge in [-0.15, -0.1) is 10.2 Å². The third-order valence-electron chi connectivity index (χ3n) is 3.65. The van der Waals surface area contributed by atoms with E-state index in [2.05, 4.69) is 19.7 Å². The highest BCUT2D eigenvalue weighted by molar-refractivity contribution is 5.91. The van der Waals surface area contributed by atoms with Crippen LogP contribution in [0.3, 0.4) is 0 Å². The number of rotatable bonds is 5. The summed E-state index contributed by atoms with van der Waals surface area (Å²) in [4.78, 5) is 18.1. The van der Waals surface area contributed by atoms with Crippen molar-refractivity contribution in [3.63, 3.8) is 0 Å². The summed E-state index contributed by atoms with van der Waals surface area (Å²) >= 11 is 0. The van der Waals surface area contributed by atoms with Crippen molar-refractivity contribution in [1.29, 1.82) is 0 Å². The lowest BCUT2D eigenvalue weighted by atomic mass is 10.4. The predicted octanol–water partition coefficient (Wildman–Crippen LogP) is -0.348. The molecule has 1 aliphatic rings. The van der Waals surface area contributed by atoms with Gasteiger partial charge in [-0.3, -0.25) is 4.79 Å². The average molecular weight is 289 g/mol. The van der Waals surface area contributed by atoms with Gasteiger partial charge in [-0.1, -0.05) is 0 Å². The minimum absolute atomic E-state index is 0.124. The molecular formula is C13H19N7O. The Hall–Kier alpha value is -2.22. The summed E-state index contributed by atoms with van der Waals surface area (Å²) in [6.07, 6.45) is 5.41. The second-order valence-electron chi connectivity index (χ2n) is 5.23. The van der Waals surface area contributed by atoms with Crippen molar-refractivity contribution in [2.45, 2.75) is 32.5 Å². The fourth-order valence-electron chi connectivity index (χ4n) is 2.55. The smallest absolute Gasteiger partial charge is 0.274 e. The quantitative estimate of drug-likeness (QED) is 0.812. The molecule has 2 N–H and O–H groups in total. The first kappa shape index (κ1) is 13.7. The summed E-state index contributed by atoms with van der Waals surface area (Å²) < 4.78 is 3.91. The molecule has 0 aromatic carbocycles. The lowest BCUT2D eigenvalue weighted by Gasteiger charge is -2.15. The van der Waals surface area contributed by atoms with Gasteiger partial charge in [-0.05, 0) is 6.42 Å². The van der Waals surface area contributed by atoms with Gasteiger partial charge in [-0.25, -0.2) is 4.98 Å². The number of imidazole rings is 1. The Morgan fingerprint density at radius 3 is 3.14 bits per heavy atom. The summed E-state index contributed by atoms with van der Waals surface area (Å²) in [5, 5.41) is 8.32. The van der Waals surface area contributed by atoms with Crippen LogP contribution in [0.1, 0.15) is 28.6 Å². The van der Waals surface area contributed by atoms with Crippen LogP contribution in [0.5, 0.6) is 0 Å². The molecule has 0 bridgehead atoms. The molecule has 2 aromatic heterocycles. The molecule has 3 rings (SSSR count). The van der Waals surface area contributed by atoms with Crippen LogP contribution >= 0.6 is 0 Å². The number of carbonyl (C=O) groups is 1. The summed E-state index contributed by atoms with van der Waals surface area (Å²) in [5.74, 6) is 1.72. The van der Waals surface area contributed by atoms with Gasteiger partial charge in [-0.2, -0.15) is 0 Å². The maximum atomic E-state index is 12.4. The molecule has 21 heavy (non-hydrogen) atoms. The van der Waals surface area contributed by atoms with E-state index in [1.807, 2.05) is 4.57 Å². The molecule has 0 saturated carbocycles. The molecule has 0 saturated heterocycles. The van der Waals surface area contributed by atoms with Crippen molar-refractivity contribution in [2.75, 3.05) is 13.6 Å². The van der Waals surface area contributed by atoms with Crippen LogP contribution in [0, 0.1) is 0 Å². The SMILES string of the molecule is CN(Cc1nnc2n1CCC2)C(=O)c1cn(CCN)cn1. The number of aromatic nitrogens is 5. The highest BCUT2D eigenvalue weighted by Gasteiger charge is 2.21. The van der Waals surface area contributed by atoms with E-state index in [0.29, 0.717) is 25.3 Å². The number of carbonyl (C=O) groups excluding carboxylic acids is 1. The average Bonchev–Trinajstić information content (AvgIpc) is 3.16. The van der Waals surface area contributed by atoms with E-state index in [1.165, 1.54) is 0 Å². The fourth-order valence-corrected chi connectivity index (χ4v) is 2.55. The van der Waals surface area contributed by atoms with Gasteiger partial charge in [0.2, 0.25) is 0 Å². The Labute approximate surface area is 122 Å². The van der Waals surface area contributed by atoms with E-state index in [9.17, 15) is 4.79 Å². The first-order valence-electron chi connectivity index (χ1n) is 7.07. The lowest BCUT2D eigenvalue weighted by molar-refractivity contribution is 0.0774.